The molecule has 0 spiro atoms. The number of urea groups is 1. The average molecular weight is 417 g/mol. The van der Waals surface area contributed by atoms with E-state index in [1.165, 1.54) is 12.1 Å². The second-order valence-electron chi connectivity index (χ2n) is 7.44. The van der Waals surface area contributed by atoms with Crippen molar-refractivity contribution in [2.75, 3.05) is 11.9 Å². The summed E-state index contributed by atoms with van der Waals surface area (Å²) in [6.45, 7) is 2.90. The van der Waals surface area contributed by atoms with Gasteiger partial charge >= 0.3 is 6.03 Å². The molecular formula is C25H25FN4O. The maximum Gasteiger partial charge on any atom is 0.322 e. The van der Waals surface area contributed by atoms with Gasteiger partial charge in [-0.3, -0.25) is 0 Å². The van der Waals surface area contributed by atoms with Crippen LogP contribution in [0.15, 0.2) is 72.8 Å². The molecule has 0 unspecified atom stereocenters. The number of hydrogen-bond acceptors (Lipinski definition) is 2. The van der Waals surface area contributed by atoms with Crippen molar-refractivity contribution < 1.29 is 9.18 Å². The van der Waals surface area contributed by atoms with Gasteiger partial charge in [0.1, 0.15) is 11.6 Å². The number of nitrogens with one attached hydrogen (secondary N) is 2. The number of aromatic amines is 1. The van der Waals surface area contributed by atoms with Gasteiger partial charge in [0, 0.05) is 25.2 Å². The topological polar surface area (TPSA) is 61.0 Å². The van der Waals surface area contributed by atoms with Gasteiger partial charge < -0.3 is 15.2 Å². The number of rotatable bonds is 7. The number of amides is 2. The number of halogens is 1. The van der Waals surface area contributed by atoms with Crippen molar-refractivity contribution in [2.24, 2.45) is 0 Å². The fourth-order valence-corrected chi connectivity index (χ4v) is 3.57. The Morgan fingerprint density at radius 2 is 1.77 bits per heavy atom. The number of anilines is 1. The fraction of sp³-hybridized carbons (Fsp3) is 0.200. The number of imidazole rings is 1. The lowest BCUT2D eigenvalue weighted by Gasteiger charge is -2.24. The van der Waals surface area contributed by atoms with Crippen LogP contribution in [0.2, 0.25) is 0 Å². The monoisotopic (exact) mass is 416 g/mol. The summed E-state index contributed by atoms with van der Waals surface area (Å²) in [5.41, 5.74) is 4.63. The van der Waals surface area contributed by atoms with Gasteiger partial charge in [-0.15, -0.1) is 0 Å². The summed E-state index contributed by atoms with van der Waals surface area (Å²) < 4.78 is 13.3. The van der Waals surface area contributed by atoms with Gasteiger partial charge in [0.15, 0.2) is 0 Å². The molecule has 3 aromatic carbocycles. The Morgan fingerprint density at radius 3 is 2.55 bits per heavy atom. The normalized spacial score (nSPS) is 10.9. The summed E-state index contributed by atoms with van der Waals surface area (Å²) in [7, 11) is 0. The Labute approximate surface area is 180 Å². The zero-order valence-electron chi connectivity index (χ0n) is 17.4. The summed E-state index contributed by atoms with van der Waals surface area (Å²) >= 11 is 0. The summed E-state index contributed by atoms with van der Waals surface area (Å²) in [6, 6.07) is 21.7. The molecule has 0 saturated heterocycles. The molecule has 2 amide bonds. The number of carbonyl (C=O) groups is 1. The molecular weight excluding hydrogens is 391 g/mol. The average Bonchev–Trinajstić information content (AvgIpc) is 3.21. The van der Waals surface area contributed by atoms with Crippen molar-refractivity contribution >= 4 is 22.8 Å². The Hall–Kier alpha value is -3.67. The van der Waals surface area contributed by atoms with Crippen molar-refractivity contribution in [3.05, 3.63) is 95.6 Å². The molecule has 4 rings (SSSR count). The van der Waals surface area contributed by atoms with E-state index >= 15 is 0 Å². The summed E-state index contributed by atoms with van der Waals surface area (Å²) in [6.07, 6.45) is 1.41. The largest absolute Gasteiger partial charge is 0.342 e. The number of aryl methyl sites for hydroxylation is 1. The third kappa shape index (κ3) is 5.09. The maximum atomic E-state index is 13.3. The van der Waals surface area contributed by atoms with Crippen LogP contribution in [0.4, 0.5) is 14.9 Å². The molecule has 6 heteroatoms. The van der Waals surface area contributed by atoms with E-state index in [1.54, 1.807) is 17.0 Å². The summed E-state index contributed by atoms with van der Waals surface area (Å²) in [4.78, 5) is 22.8. The van der Waals surface area contributed by atoms with Gasteiger partial charge in [-0.1, -0.05) is 49.4 Å². The zero-order valence-corrected chi connectivity index (χ0v) is 17.4. The first-order chi connectivity index (χ1) is 15.1. The van der Waals surface area contributed by atoms with Gasteiger partial charge in [0.25, 0.3) is 0 Å². The maximum absolute atomic E-state index is 13.3. The van der Waals surface area contributed by atoms with Crippen molar-refractivity contribution in [1.82, 2.24) is 14.9 Å². The molecule has 0 radical (unpaired) electrons. The second kappa shape index (κ2) is 9.43. The van der Waals surface area contributed by atoms with Gasteiger partial charge in [-0.2, -0.15) is 0 Å². The van der Waals surface area contributed by atoms with E-state index in [0.29, 0.717) is 19.5 Å². The van der Waals surface area contributed by atoms with Crippen molar-refractivity contribution in [3.63, 3.8) is 0 Å². The quantitative estimate of drug-likeness (QED) is 0.415. The minimum Gasteiger partial charge on any atom is -0.342 e. The van der Waals surface area contributed by atoms with E-state index in [9.17, 15) is 9.18 Å². The Bertz CT molecular complexity index is 1140. The molecule has 0 bridgehead atoms. The number of H-pyrrole nitrogens is 1. The SMILES string of the molecule is CCc1ccccc1NC(=O)N(CCc1nc2ccccc2[nH]1)Cc1ccc(F)cc1. The Morgan fingerprint density at radius 1 is 1.03 bits per heavy atom. The molecule has 4 aromatic rings. The van der Waals surface area contributed by atoms with Crippen molar-refractivity contribution in [2.45, 2.75) is 26.3 Å². The predicted molar refractivity (Wildman–Crippen MR) is 121 cm³/mol. The van der Waals surface area contributed by atoms with Crippen molar-refractivity contribution in [3.8, 4) is 0 Å². The molecule has 31 heavy (non-hydrogen) atoms. The molecule has 0 saturated carbocycles. The molecule has 0 aliphatic heterocycles. The molecule has 0 aliphatic carbocycles. The van der Waals surface area contributed by atoms with Crippen LogP contribution in [0.1, 0.15) is 23.9 Å². The van der Waals surface area contributed by atoms with Crippen LogP contribution < -0.4 is 5.32 Å². The summed E-state index contributed by atoms with van der Waals surface area (Å²) in [5, 5.41) is 3.04. The number of carbonyl (C=O) groups excluding carboxylic acids is 1. The van der Waals surface area contributed by atoms with Gasteiger partial charge in [0.05, 0.1) is 11.0 Å². The highest BCUT2D eigenvalue weighted by Crippen LogP contribution is 2.18. The van der Waals surface area contributed by atoms with Gasteiger partial charge in [-0.05, 0) is 47.9 Å². The van der Waals surface area contributed by atoms with E-state index in [-0.39, 0.29) is 11.8 Å². The van der Waals surface area contributed by atoms with Crippen LogP contribution in [0.25, 0.3) is 11.0 Å². The lowest BCUT2D eigenvalue weighted by Crippen LogP contribution is -2.36. The number of benzene rings is 3. The highest BCUT2D eigenvalue weighted by atomic mass is 19.1. The molecule has 1 heterocycles. The van der Waals surface area contributed by atoms with E-state index in [1.807, 2.05) is 48.5 Å². The lowest BCUT2D eigenvalue weighted by molar-refractivity contribution is 0.209. The second-order valence-corrected chi connectivity index (χ2v) is 7.44. The van der Waals surface area contributed by atoms with Crippen LogP contribution in [0, 0.1) is 5.82 Å². The molecule has 158 valence electrons. The van der Waals surface area contributed by atoms with Crippen molar-refractivity contribution in [1.29, 1.82) is 0 Å². The minimum atomic E-state index is -0.293. The van der Waals surface area contributed by atoms with Crippen LogP contribution in [0.3, 0.4) is 0 Å². The number of nitrogens with zero attached hydrogens (tertiary/aromatic N) is 2. The zero-order chi connectivity index (χ0) is 21.6. The van der Waals surface area contributed by atoms with E-state index in [2.05, 4.69) is 22.2 Å². The Kier molecular flexibility index (Phi) is 6.26. The smallest absolute Gasteiger partial charge is 0.322 e. The number of aromatic nitrogens is 2. The third-order valence-electron chi connectivity index (χ3n) is 5.27. The molecule has 0 fully saturated rings. The first-order valence-corrected chi connectivity index (χ1v) is 10.4. The number of para-hydroxylation sites is 3. The number of hydrogen-bond donors (Lipinski definition) is 2. The number of fused-ring (bicyclic) bond motifs is 1. The lowest BCUT2D eigenvalue weighted by atomic mass is 10.1. The molecule has 5 nitrogen and oxygen atoms in total. The van der Waals surface area contributed by atoms with Crippen LogP contribution in [0.5, 0.6) is 0 Å². The highest BCUT2D eigenvalue weighted by molar-refractivity contribution is 5.90. The molecule has 1 aromatic heterocycles. The van der Waals surface area contributed by atoms with Crippen LogP contribution in [-0.2, 0) is 19.4 Å². The summed E-state index contributed by atoms with van der Waals surface area (Å²) in [5.74, 6) is 0.533. The molecule has 2 N–H and O–H groups in total. The minimum absolute atomic E-state index is 0.193. The standard InChI is InChI=1S/C25H25FN4O/c1-2-19-7-3-4-8-21(19)29-25(31)30(17-18-11-13-20(26)14-12-18)16-15-24-27-22-9-5-6-10-23(22)28-24/h3-14H,2,15-17H2,1H3,(H,27,28)(H,29,31). The highest BCUT2D eigenvalue weighted by Gasteiger charge is 2.16. The van der Waals surface area contributed by atoms with E-state index < -0.39 is 0 Å². The van der Waals surface area contributed by atoms with Crippen LogP contribution >= 0.6 is 0 Å². The van der Waals surface area contributed by atoms with E-state index in [0.717, 1.165) is 40.1 Å². The van der Waals surface area contributed by atoms with Crippen LogP contribution in [-0.4, -0.2) is 27.4 Å². The molecule has 0 aliphatic rings. The van der Waals surface area contributed by atoms with Gasteiger partial charge in [0.2, 0.25) is 0 Å². The fourth-order valence-electron chi connectivity index (χ4n) is 3.57. The van der Waals surface area contributed by atoms with E-state index in [4.69, 9.17) is 0 Å². The first kappa shape index (κ1) is 20.6. The van der Waals surface area contributed by atoms with Gasteiger partial charge in [-0.25, -0.2) is 14.2 Å². The predicted octanol–water partition coefficient (Wildman–Crippen LogP) is 5.54. The third-order valence-corrected chi connectivity index (χ3v) is 5.27. The molecule has 0 atom stereocenters. The Balaban J connectivity index is 1.52. The first-order valence-electron chi connectivity index (χ1n) is 10.4.